The van der Waals surface area contributed by atoms with Gasteiger partial charge in [-0.2, -0.15) is 0 Å². The van der Waals surface area contributed by atoms with E-state index in [9.17, 15) is 4.79 Å². The molecule has 0 saturated carbocycles. The molecule has 1 heterocycles. The fraction of sp³-hybridized carbons (Fsp3) is 0.333. The maximum atomic E-state index is 10.8. The van der Waals surface area contributed by atoms with Crippen molar-refractivity contribution in [2.75, 3.05) is 5.32 Å². The van der Waals surface area contributed by atoms with Crippen LogP contribution in [0.15, 0.2) is 24.8 Å². The first-order chi connectivity index (χ1) is 7.52. The van der Waals surface area contributed by atoms with Gasteiger partial charge in [0, 0.05) is 11.7 Å². The molecule has 0 aliphatic heterocycles. The lowest BCUT2D eigenvalue weighted by Gasteiger charge is -2.13. The van der Waals surface area contributed by atoms with Gasteiger partial charge in [0.05, 0.1) is 5.56 Å². The topological polar surface area (TPSA) is 62.2 Å². The average Bonchev–Trinajstić information content (AvgIpc) is 2.16. The molecule has 0 fully saturated rings. The lowest BCUT2D eigenvalue weighted by atomic mass is 10.2. The summed E-state index contributed by atoms with van der Waals surface area (Å²) in [6.45, 7) is 7.42. The van der Waals surface area contributed by atoms with Gasteiger partial charge in [-0.25, -0.2) is 9.78 Å². The Morgan fingerprint density at radius 2 is 2.38 bits per heavy atom. The number of anilines is 1. The molecule has 0 saturated heterocycles. The van der Waals surface area contributed by atoms with E-state index in [1.54, 1.807) is 13.0 Å². The minimum Gasteiger partial charge on any atom is -0.478 e. The first-order valence-corrected chi connectivity index (χ1v) is 5.12. The van der Waals surface area contributed by atoms with Gasteiger partial charge in [0.2, 0.25) is 0 Å². The molecule has 0 radical (unpaired) electrons. The van der Waals surface area contributed by atoms with E-state index in [1.807, 2.05) is 13.0 Å². The van der Waals surface area contributed by atoms with Crippen molar-refractivity contribution in [2.45, 2.75) is 26.3 Å². The molecule has 0 bridgehead atoms. The summed E-state index contributed by atoms with van der Waals surface area (Å²) in [5.41, 5.74) is 0.939. The Morgan fingerprint density at radius 1 is 1.69 bits per heavy atom. The Labute approximate surface area is 95.0 Å². The van der Waals surface area contributed by atoms with E-state index >= 15 is 0 Å². The number of rotatable bonds is 5. The summed E-state index contributed by atoms with van der Waals surface area (Å²) in [6.07, 6.45) is 2.61. The highest BCUT2D eigenvalue weighted by Gasteiger charge is 2.07. The Hall–Kier alpha value is -1.84. The summed E-state index contributed by atoms with van der Waals surface area (Å²) in [5, 5.41) is 12.0. The van der Waals surface area contributed by atoms with E-state index < -0.39 is 5.97 Å². The second kappa shape index (κ2) is 5.30. The lowest BCUT2D eigenvalue weighted by molar-refractivity contribution is 0.0696. The van der Waals surface area contributed by atoms with Crippen LogP contribution in [0.1, 0.15) is 29.4 Å². The van der Waals surface area contributed by atoms with Crippen LogP contribution in [-0.4, -0.2) is 22.1 Å². The van der Waals surface area contributed by atoms with Crippen LogP contribution < -0.4 is 5.32 Å². The highest BCUT2D eigenvalue weighted by atomic mass is 16.4. The van der Waals surface area contributed by atoms with E-state index in [4.69, 9.17) is 5.11 Å². The maximum absolute atomic E-state index is 10.8. The van der Waals surface area contributed by atoms with Crippen molar-refractivity contribution < 1.29 is 9.90 Å². The molecule has 0 spiro atoms. The van der Waals surface area contributed by atoms with Gasteiger partial charge < -0.3 is 10.4 Å². The number of aromatic nitrogens is 1. The Bertz CT molecular complexity index is 402. The molecular formula is C12H16N2O2. The van der Waals surface area contributed by atoms with Gasteiger partial charge in [0.15, 0.2) is 0 Å². The molecule has 0 aliphatic rings. The van der Waals surface area contributed by atoms with Crippen LogP contribution in [0, 0.1) is 6.92 Å². The fourth-order valence-electron chi connectivity index (χ4n) is 1.43. The van der Waals surface area contributed by atoms with Crippen LogP contribution in [0.2, 0.25) is 0 Å². The van der Waals surface area contributed by atoms with Crippen LogP contribution in [0.5, 0.6) is 0 Å². The van der Waals surface area contributed by atoms with Crippen LogP contribution in [0.4, 0.5) is 5.82 Å². The Kier molecular flexibility index (Phi) is 4.05. The molecule has 0 aromatic carbocycles. The maximum Gasteiger partial charge on any atom is 0.335 e. The van der Waals surface area contributed by atoms with E-state index in [1.165, 1.54) is 6.07 Å². The summed E-state index contributed by atoms with van der Waals surface area (Å²) in [6, 6.07) is 3.27. The highest BCUT2D eigenvalue weighted by Crippen LogP contribution is 2.12. The Balaban J connectivity index is 2.87. The lowest BCUT2D eigenvalue weighted by Crippen LogP contribution is -2.15. The predicted octanol–water partition coefficient (Wildman–Crippen LogP) is 2.46. The summed E-state index contributed by atoms with van der Waals surface area (Å²) in [5.74, 6) is -0.350. The largest absolute Gasteiger partial charge is 0.478 e. The van der Waals surface area contributed by atoms with Gasteiger partial charge in [0.25, 0.3) is 0 Å². The summed E-state index contributed by atoms with van der Waals surface area (Å²) >= 11 is 0. The molecule has 0 aliphatic carbocycles. The first kappa shape index (κ1) is 12.2. The number of hydrogen-bond donors (Lipinski definition) is 2. The smallest absolute Gasteiger partial charge is 0.335 e. The highest BCUT2D eigenvalue weighted by molar-refractivity contribution is 5.88. The van der Waals surface area contributed by atoms with E-state index in [0.29, 0.717) is 11.5 Å². The number of nitrogens with zero attached hydrogens (tertiary/aromatic N) is 1. The van der Waals surface area contributed by atoms with Crippen LogP contribution in [0.3, 0.4) is 0 Å². The normalized spacial score (nSPS) is 11.9. The van der Waals surface area contributed by atoms with Gasteiger partial charge in [-0.15, -0.1) is 6.58 Å². The van der Waals surface area contributed by atoms with Crippen molar-refractivity contribution in [2.24, 2.45) is 0 Å². The van der Waals surface area contributed by atoms with Crippen molar-refractivity contribution in [3.63, 3.8) is 0 Å². The van der Waals surface area contributed by atoms with Crippen molar-refractivity contribution in [3.8, 4) is 0 Å². The molecule has 2 N–H and O–H groups in total. The zero-order valence-electron chi connectivity index (χ0n) is 9.53. The van der Waals surface area contributed by atoms with E-state index in [2.05, 4.69) is 16.9 Å². The number of nitrogens with one attached hydrogen (secondary N) is 1. The van der Waals surface area contributed by atoms with E-state index in [0.717, 1.165) is 6.42 Å². The molecule has 4 nitrogen and oxygen atoms in total. The number of aromatic carboxylic acids is 1. The predicted molar refractivity (Wildman–Crippen MR) is 63.8 cm³/mol. The number of hydrogen-bond acceptors (Lipinski definition) is 3. The third kappa shape index (κ3) is 3.38. The second-order valence-electron chi connectivity index (χ2n) is 3.76. The van der Waals surface area contributed by atoms with Gasteiger partial charge in [-0.05, 0) is 32.4 Å². The summed E-state index contributed by atoms with van der Waals surface area (Å²) < 4.78 is 0. The molecule has 1 rings (SSSR count). The van der Waals surface area contributed by atoms with Gasteiger partial charge in [-0.3, -0.25) is 0 Å². The molecule has 0 amide bonds. The zero-order valence-corrected chi connectivity index (χ0v) is 9.53. The number of carbonyl (C=O) groups is 1. The van der Waals surface area contributed by atoms with Crippen LogP contribution in [-0.2, 0) is 0 Å². The molecule has 4 heteroatoms. The van der Waals surface area contributed by atoms with Gasteiger partial charge in [-0.1, -0.05) is 6.08 Å². The van der Waals surface area contributed by atoms with E-state index in [-0.39, 0.29) is 11.6 Å². The molecule has 1 atom stereocenters. The van der Waals surface area contributed by atoms with Crippen molar-refractivity contribution in [3.05, 3.63) is 36.0 Å². The minimum absolute atomic E-state index is 0.188. The minimum atomic E-state index is -0.940. The van der Waals surface area contributed by atoms with Gasteiger partial charge >= 0.3 is 5.97 Å². The van der Waals surface area contributed by atoms with Crippen LogP contribution >= 0.6 is 0 Å². The number of carboxylic acid groups (broad SMARTS) is 1. The second-order valence-corrected chi connectivity index (χ2v) is 3.76. The third-order valence-corrected chi connectivity index (χ3v) is 2.11. The van der Waals surface area contributed by atoms with Crippen molar-refractivity contribution >= 4 is 11.8 Å². The number of pyridine rings is 1. The quantitative estimate of drug-likeness (QED) is 0.748. The standard InChI is InChI=1S/C12H16N2O2/c1-4-5-8(2)13-11-7-10(12(15)16)6-9(3)14-11/h4,6-8H,1,5H2,2-3H3,(H,13,14)(H,15,16). The fourth-order valence-corrected chi connectivity index (χ4v) is 1.43. The van der Waals surface area contributed by atoms with Gasteiger partial charge in [0.1, 0.15) is 5.82 Å². The zero-order chi connectivity index (χ0) is 12.1. The SMILES string of the molecule is C=CCC(C)Nc1cc(C(=O)O)cc(C)n1. The molecule has 1 aromatic rings. The summed E-state index contributed by atoms with van der Waals surface area (Å²) in [7, 11) is 0. The number of aryl methyl sites for hydroxylation is 1. The molecule has 1 aromatic heterocycles. The first-order valence-electron chi connectivity index (χ1n) is 5.12. The third-order valence-electron chi connectivity index (χ3n) is 2.11. The summed E-state index contributed by atoms with van der Waals surface area (Å²) in [4.78, 5) is 15.1. The molecular weight excluding hydrogens is 204 g/mol. The molecule has 1 unspecified atom stereocenters. The Morgan fingerprint density at radius 3 is 2.94 bits per heavy atom. The van der Waals surface area contributed by atoms with Crippen molar-refractivity contribution in [1.29, 1.82) is 0 Å². The number of carboxylic acids is 1. The van der Waals surface area contributed by atoms with Crippen LogP contribution in [0.25, 0.3) is 0 Å². The molecule has 16 heavy (non-hydrogen) atoms. The monoisotopic (exact) mass is 220 g/mol. The average molecular weight is 220 g/mol. The van der Waals surface area contributed by atoms with Crippen molar-refractivity contribution in [1.82, 2.24) is 4.98 Å². The molecule has 86 valence electrons.